The molecule has 0 saturated carbocycles. The Labute approximate surface area is 197 Å². The van der Waals surface area contributed by atoms with E-state index < -0.39 is 12.9 Å². The molecular formula is C30H30O2P+. The molecule has 0 fully saturated rings. The van der Waals surface area contributed by atoms with Crippen molar-refractivity contribution in [3.05, 3.63) is 126 Å². The minimum absolute atomic E-state index is 0.288. The molecule has 4 aromatic carbocycles. The molecular weight excluding hydrogens is 423 g/mol. The van der Waals surface area contributed by atoms with Gasteiger partial charge >= 0.3 is 5.97 Å². The molecule has 0 atom stereocenters. The maximum Gasteiger partial charge on any atom is 0.338 e. The van der Waals surface area contributed by atoms with Gasteiger partial charge in [0, 0.05) is 0 Å². The van der Waals surface area contributed by atoms with Crippen LogP contribution >= 0.6 is 7.26 Å². The van der Waals surface area contributed by atoms with E-state index in [4.69, 9.17) is 4.74 Å². The summed E-state index contributed by atoms with van der Waals surface area (Å²) in [5.74, 6) is -0.288. The molecule has 0 aliphatic carbocycles. The summed E-state index contributed by atoms with van der Waals surface area (Å²) in [4.78, 5) is 12.5. The summed E-state index contributed by atoms with van der Waals surface area (Å²) < 4.78 is 5.54. The minimum Gasteiger partial charge on any atom is -0.456 e. The third-order valence-electron chi connectivity index (χ3n) is 5.60. The highest BCUT2D eigenvalue weighted by Gasteiger charge is 2.45. The van der Waals surface area contributed by atoms with E-state index in [2.05, 4.69) is 103 Å². The van der Waals surface area contributed by atoms with Gasteiger partial charge in [0.1, 0.15) is 28.8 Å². The summed E-state index contributed by atoms with van der Waals surface area (Å²) in [6, 6.07) is 40.4. The molecule has 0 aliphatic rings. The Bertz CT molecular complexity index is 1080. The first-order valence-corrected chi connectivity index (χ1v) is 13.2. The third-order valence-corrected chi connectivity index (χ3v) is 9.98. The molecule has 166 valence electrons. The van der Waals surface area contributed by atoms with Crippen molar-refractivity contribution in [1.29, 1.82) is 0 Å². The predicted octanol–water partition coefficient (Wildman–Crippen LogP) is 6.14. The van der Waals surface area contributed by atoms with Crippen LogP contribution in [0.15, 0.2) is 115 Å². The molecule has 0 unspecified atom stereocenters. The zero-order chi connectivity index (χ0) is 23.3. The Hall–Kier alpha value is -3.22. The first-order valence-electron chi connectivity index (χ1n) is 11.3. The fourth-order valence-corrected chi connectivity index (χ4v) is 8.37. The zero-order valence-corrected chi connectivity index (χ0v) is 20.3. The maximum atomic E-state index is 12.5. The standard InChI is InChI=1S/C30H30O2P/c1-30(2,3)32-29(31)25-21-19-24(20-22-25)23-33(26-13-7-4-8-14-26,27-15-9-5-10-16-27)28-17-11-6-12-18-28/h4-22H,23H2,1-3H3/q+1. The van der Waals surface area contributed by atoms with Crippen molar-refractivity contribution in [2.75, 3.05) is 0 Å². The quantitative estimate of drug-likeness (QED) is 0.259. The molecule has 4 aromatic rings. The Balaban J connectivity index is 1.80. The van der Waals surface area contributed by atoms with E-state index in [1.54, 1.807) is 0 Å². The van der Waals surface area contributed by atoms with Crippen molar-refractivity contribution in [2.24, 2.45) is 0 Å². The first-order chi connectivity index (χ1) is 15.9. The summed E-state index contributed by atoms with van der Waals surface area (Å²) in [6.07, 6.45) is 0.875. The summed E-state index contributed by atoms with van der Waals surface area (Å²) in [7, 11) is -1.96. The predicted molar refractivity (Wildman–Crippen MR) is 140 cm³/mol. The molecule has 3 heteroatoms. The monoisotopic (exact) mass is 453 g/mol. The van der Waals surface area contributed by atoms with Crippen molar-refractivity contribution >= 4 is 29.1 Å². The van der Waals surface area contributed by atoms with Crippen LogP contribution in [-0.2, 0) is 10.9 Å². The lowest BCUT2D eigenvalue weighted by molar-refractivity contribution is 0.00695. The second-order valence-electron chi connectivity index (χ2n) is 9.17. The molecule has 0 amide bonds. The topological polar surface area (TPSA) is 26.3 Å². The van der Waals surface area contributed by atoms with Gasteiger partial charge in [-0.05, 0) is 74.9 Å². The van der Waals surface area contributed by atoms with Crippen LogP contribution in [0.4, 0.5) is 0 Å². The van der Waals surface area contributed by atoms with Gasteiger partial charge in [-0.1, -0.05) is 66.7 Å². The van der Waals surface area contributed by atoms with Crippen LogP contribution in [0.2, 0.25) is 0 Å². The van der Waals surface area contributed by atoms with E-state index in [9.17, 15) is 4.79 Å². The average molecular weight is 454 g/mol. The third kappa shape index (κ3) is 5.24. The lowest BCUT2D eigenvalue weighted by Gasteiger charge is -2.28. The van der Waals surface area contributed by atoms with Crippen LogP contribution in [0.1, 0.15) is 36.7 Å². The van der Waals surface area contributed by atoms with Crippen molar-refractivity contribution in [1.82, 2.24) is 0 Å². The van der Waals surface area contributed by atoms with Gasteiger partial charge in [-0.2, -0.15) is 0 Å². The van der Waals surface area contributed by atoms with Gasteiger partial charge in [-0.15, -0.1) is 0 Å². The van der Waals surface area contributed by atoms with Gasteiger partial charge < -0.3 is 4.74 Å². The zero-order valence-electron chi connectivity index (χ0n) is 19.4. The van der Waals surface area contributed by atoms with E-state index >= 15 is 0 Å². The van der Waals surface area contributed by atoms with Gasteiger partial charge in [-0.3, -0.25) is 0 Å². The van der Waals surface area contributed by atoms with Crippen LogP contribution in [0.5, 0.6) is 0 Å². The van der Waals surface area contributed by atoms with Crippen LogP contribution < -0.4 is 15.9 Å². The summed E-state index contributed by atoms with van der Waals surface area (Å²) in [6.45, 7) is 5.66. The lowest BCUT2D eigenvalue weighted by atomic mass is 10.1. The van der Waals surface area contributed by atoms with Crippen molar-refractivity contribution < 1.29 is 9.53 Å². The van der Waals surface area contributed by atoms with E-state index in [0.717, 1.165) is 6.16 Å². The Morgan fingerprint density at radius 1 is 0.636 bits per heavy atom. The fourth-order valence-electron chi connectivity index (χ4n) is 4.13. The molecule has 0 heterocycles. The van der Waals surface area contributed by atoms with E-state index in [-0.39, 0.29) is 5.97 Å². The molecule has 0 bridgehead atoms. The highest BCUT2D eigenvalue weighted by molar-refractivity contribution is 7.95. The maximum absolute atomic E-state index is 12.5. The fraction of sp³-hybridized carbons (Fsp3) is 0.167. The SMILES string of the molecule is CC(C)(C)OC(=O)c1ccc(C[P+](c2ccccc2)(c2ccccc2)c2ccccc2)cc1. The number of benzene rings is 4. The Morgan fingerprint density at radius 3 is 1.39 bits per heavy atom. The van der Waals surface area contributed by atoms with Gasteiger partial charge in [0.05, 0.1) is 11.7 Å². The molecule has 0 radical (unpaired) electrons. The van der Waals surface area contributed by atoms with Gasteiger partial charge in [0.15, 0.2) is 0 Å². The molecule has 2 nitrogen and oxygen atoms in total. The van der Waals surface area contributed by atoms with Gasteiger partial charge in [0.2, 0.25) is 0 Å². The highest BCUT2D eigenvalue weighted by atomic mass is 31.2. The van der Waals surface area contributed by atoms with Crippen molar-refractivity contribution in [3.63, 3.8) is 0 Å². The van der Waals surface area contributed by atoms with Crippen LogP contribution in [0.3, 0.4) is 0 Å². The van der Waals surface area contributed by atoms with E-state index in [0.29, 0.717) is 5.56 Å². The summed E-state index contributed by atoms with van der Waals surface area (Å²) in [5.41, 5.74) is 1.27. The molecule has 0 saturated heterocycles. The number of rotatable bonds is 6. The molecule has 0 aromatic heterocycles. The van der Waals surface area contributed by atoms with E-state index in [1.807, 2.05) is 32.9 Å². The number of carbonyl (C=O) groups excluding carboxylic acids is 1. The smallest absolute Gasteiger partial charge is 0.338 e. The largest absolute Gasteiger partial charge is 0.456 e. The molecule has 0 N–H and O–H groups in total. The highest BCUT2D eigenvalue weighted by Crippen LogP contribution is 2.58. The summed E-state index contributed by atoms with van der Waals surface area (Å²) in [5, 5.41) is 4.04. The second kappa shape index (κ2) is 9.73. The normalized spacial score (nSPS) is 11.7. The number of ether oxygens (including phenoxy) is 1. The van der Waals surface area contributed by atoms with E-state index in [1.165, 1.54) is 21.5 Å². The van der Waals surface area contributed by atoms with Crippen molar-refractivity contribution in [3.8, 4) is 0 Å². The van der Waals surface area contributed by atoms with Crippen LogP contribution in [-0.4, -0.2) is 11.6 Å². The van der Waals surface area contributed by atoms with Crippen molar-refractivity contribution in [2.45, 2.75) is 32.5 Å². The number of hydrogen-bond acceptors (Lipinski definition) is 2. The molecule has 0 spiro atoms. The lowest BCUT2D eigenvalue weighted by Crippen LogP contribution is -2.32. The molecule has 4 rings (SSSR count). The minimum atomic E-state index is -1.96. The molecule has 0 aliphatic heterocycles. The number of hydrogen-bond donors (Lipinski definition) is 0. The molecule has 33 heavy (non-hydrogen) atoms. The van der Waals surface area contributed by atoms with Gasteiger partial charge in [0.25, 0.3) is 0 Å². The van der Waals surface area contributed by atoms with Gasteiger partial charge in [-0.25, -0.2) is 4.79 Å². The summed E-state index contributed by atoms with van der Waals surface area (Å²) >= 11 is 0. The van der Waals surface area contributed by atoms with Crippen LogP contribution in [0, 0.1) is 0 Å². The van der Waals surface area contributed by atoms with Crippen LogP contribution in [0.25, 0.3) is 0 Å². The Kier molecular flexibility index (Phi) is 6.77. The Morgan fingerprint density at radius 2 is 1.03 bits per heavy atom. The number of esters is 1. The number of carbonyl (C=O) groups is 1. The average Bonchev–Trinajstić information content (AvgIpc) is 2.83. The second-order valence-corrected chi connectivity index (χ2v) is 12.7. The first kappa shape index (κ1) is 23.0.